The van der Waals surface area contributed by atoms with Gasteiger partial charge in [0.2, 0.25) is 0 Å². The predicted octanol–water partition coefficient (Wildman–Crippen LogP) is 14.8. The summed E-state index contributed by atoms with van der Waals surface area (Å²) < 4.78 is 2.49. The first-order chi connectivity index (χ1) is 32.0. The van der Waals surface area contributed by atoms with Gasteiger partial charge in [0.25, 0.3) is 6.71 Å². The van der Waals surface area contributed by atoms with Gasteiger partial charge in [-0.15, -0.1) is 0 Å². The topological polar surface area (TPSA) is 11.4 Å². The van der Waals surface area contributed by atoms with E-state index in [1.165, 1.54) is 94.3 Å². The molecule has 4 heteroatoms. The van der Waals surface area contributed by atoms with Gasteiger partial charge in [-0.05, 0) is 121 Å². The molecule has 0 aliphatic carbocycles. The fourth-order valence-corrected chi connectivity index (χ4v) is 10.7. The van der Waals surface area contributed by atoms with Crippen LogP contribution in [0.2, 0.25) is 0 Å². The number of aromatic nitrogens is 1. The molecule has 2 aliphatic rings. The molecular weight excluding hydrogens is 798 g/mol. The van der Waals surface area contributed by atoms with E-state index in [1.54, 1.807) is 0 Å². The van der Waals surface area contributed by atoms with Crippen molar-refractivity contribution >= 4 is 79.0 Å². The molecule has 0 radical (unpaired) electrons. The maximum absolute atomic E-state index is 2.55. The van der Waals surface area contributed by atoms with Crippen LogP contribution < -0.4 is 26.2 Å². The van der Waals surface area contributed by atoms with Crippen LogP contribution in [-0.2, 0) is 10.8 Å². The normalized spacial score (nSPS) is 13.2. The molecule has 0 unspecified atom stereocenters. The molecule has 0 amide bonds. The van der Waals surface area contributed by atoms with E-state index in [2.05, 4.69) is 262 Å². The number of fused-ring (bicyclic) bond motifs is 7. The molecule has 0 atom stereocenters. The van der Waals surface area contributed by atoms with Crippen LogP contribution in [0, 0.1) is 0 Å². The summed E-state index contributed by atoms with van der Waals surface area (Å²) in [4.78, 5) is 5.11. The minimum atomic E-state index is -0.0437. The minimum Gasteiger partial charge on any atom is -0.311 e. The Labute approximate surface area is 389 Å². The lowest BCUT2D eigenvalue weighted by Crippen LogP contribution is -2.61. The standard InChI is InChI=1S/C62H52BN3/c1-61(2,3)45-29-35-56-52(37-45)63-53-38-46(62(4,5)6)30-36-57(53)65(48-33-27-44(28-34-48)42-19-11-8-12-20-42)59-40-49(66-54-23-15-13-21-50(54)51-22-14-16-24-55(51)66)39-58(60(59)63)64(56)47-31-25-43(26-32-47)41-17-9-7-10-18-41/h7-40H,1-6H3. The zero-order valence-corrected chi connectivity index (χ0v) is 38.5. The van der Waals surface area contributed by atoms with Crippen LogP contribution in [0.15, 0.2) is 206 Å². The Morgan fingerprint density at radius 1 is 0.333 bits per heavy atom. The molecule has 10 aromatic rings. The highest BCUT2D eigenvalue weighted by atomic mass is 15.2. The molecule has 0 bridgehead atoms. The molecule has 12 rings (SSSR count). The van der Waals surface area contributed by atoms with Gasteiger partial charge in [0.05, 0.1) is 16.7 Å². The molecule has 3 nitrogen and oxygen atoms in total. The van der Waals surface area contributed by atoms with E-state index in [0.29, 0.717) is 0 Å². The number of rotatable bonds is 5. The number of anilines is 6. The quantitative estimate of drug-likeness (QED) is 0.160. The Balaban J connectivity index is 1.19. The fourth-order valence-electron chi connectivity index (χ4n) is 10.7. The zero-order chi connectivity index (χ0) is 44.9. The molecule has 2 aliphatic heterocycles. The van der Waals surface area contributed by atoms with Crippen LogP contribution in [0.3, 0.4) is 0 Å². The van der Waals surface area contributed by atoms with Crippen LogP contribution in [0.1, 0.15) is 52.7 Å². The van der Waals surface area contributed by atoms with Crippen LogP contribution >= 0.6 is 0 Å². The maximum Gasteiger partial charge on any atom is 0.252 e. The number of hydrogen-bond donors (Lipinski definition) is 0. The third-order valence-electron chi connectivity index (χ3n) is 14.1. The van der Waals surface area contributed by atoms with Crippen molar-refractivity contribution in [3.8, 4) is 27.9 Å². The molecule has 318 valence electrons. The van der Waals surface area contributed by atoms with Crippen molar-refractivity contribution in [2.75, 3.05) is 9.80 Å². The van der Waals surface area contributed by atoms with Gasteiger partial charge in [0.1, 0.15) is 0 Å². The van der Waals surface area contributed by atoms with E-state index >= 15 is 0 Å². The van der Waals surface area contributed by atoms with Crippen molar-refractivity contribution in [3.63, 3.8) is 0 Å². The summed E-state index contributed by atoms with van der Waals surface area (Å²) in [7, 11) is 0. The molecule has 0 N–H and O–H groups in total. The fraction of sp³-hybridized carbons (Fsp3) is 0.129. The summed E-state index contributed by atoms with van der Waals surface area (Å²) in [5.74, 6) is 0. The third kappa shape index (κ3) is 6.42. The van der Waals surface area contributed by atoms with Crippen LogP contribution in [0.5, 0.6) is 0 Å². The van der Waals surface area contributed by atoms with E-state index in [0.717, 1.165) is 17.1 Å². The van der Waals surface area contributed by atoms with Gasteiger partial charge in [0.15, 0.2) is 0 Å². The first-order valence-corrected chi connectivity index (χ1v) is 23.4. The van der Waals surface area contributed by atoms with Gasteiger partial charge in [-0.1, -0.05) is 187 Å². The largest absolute Gasteiger partial charge is 0.311 e. The van der Waals surface area contributed by atoms with Gasteiger partial charge in [-0.25, -0.2) is 0 Å². The van der Waals surface area contributed by atoms with E-state index in [1.807, 2.05) is 0 Å². The van der Waals surface area contributed by atoms with Crippen molar-refractivity contribution in [2.45, 2.75) is 52.4 Å². The first-order valence-electron chi connectivity index (χ1n) is 23.4. The van der Waals surface area contributed by atoms with Crippen LogP contribution in [0.4, 0.5) is 34.1 Å². The molecule has 66 heavy (non-hydrogen) atoms. The highest BCUT2D eigenvalue weighted by Crippen LogP contribution is 2.47. The molecule has 0 saturated heterocycles. The van der Waals surface area contributed by atoms with E-state index < -0.39 is 0 Å². The number of benzene rings is 9. The SMILES string of the molecule is CC(C)(C)c1ccc2c(c1)B1c3cc(C(C)(C)C)ccc3N(c3ccc(-c4ccccc4)cc3)c3cc(-n4c5ccccc5c5ccccc54)cc(c31)N2c1ccc(-c2ccccc2)cc1. The Bertz CT molecular complexity index is 3250. The monoisotopic (exact) mass is 849 g/mol. The number of nitrogens with zero attached hydrogens (tertiary/aromatic N) is 3. The third-order valence-corrected chi connectivity index (χ3v) is 14.1. The van der Waals surface area contributed by atoms with Gasteiger partial charge >= 0.3 is 0 Å². The van der Waals surface area contributed by atoms with Gasteiger partial charge in [0, 0.05) is 44.9 Å². The Kier molecular flexibility index (Phi) is 9.09. The molecular formula is C62H52BN3. The second-order valence-corrected chi connectivity index (χ2v) is 20.2. The first kappa shape index (κ1) is 40.0. The molecule has 1 aromatic heterocycles. The lowest BCUT2D eigenvalue weighted by atomic mass is 9.33. The Hall–Kier alpha value is -7.56. The van der Waals surface area contributed by atoms with Gasteiger partial charge in [-0.2, -0.15) is 0 Å². The van der Waals surface area contributed by atoms with Crippen LogP contribution in [0.25, 0.3) is 49.7 Å². The summed E-state index contributed by atoms with van der Waals surface area (Å²) in [5.41, 5.74) is 22.0. The van der Waals surface area contributed by atoms with Crippen molar-refractivity contribution in [1.29, 1.82) is 0 Å². The number of hydrogen-bond acceptors (Lipinski definition) is 2. The second-order valence-electron chi connectivity index (χ2n) is 20.2. The van der Waals surface area contributed by atoms with Crippen molar-refractivity contribution in [1.82, 2.24) is 4.57 Å². The molecule has 0 saturated carbocycles. The molecule has 0 spiro atoms. The lowest BCUT2D eigenvalue weighted by molar-refractivity contribution is 0.590. The minimum absolute atomic E-state index is 0.0171. The lowest BCUT2D eigenvalue weighted by Gasteiger charge is -2.45. The highest BCUT2D eigenvalue weighted by Gasteiger charge is 2.44. The molecule has 3 heterocycles. The second kappa shape index (κ2) is 15.0. The van der Waals surface area contributed by atoms with Gasteiger partial charge in [-0.3, -0.25) is 0 Å². The average molecular weight is 850 g/mol. The summed E-state index contributed by atoms with van der Waals surface area (Å²) >= 11 is 0. The molecule has 9 aromatic carbocycles. The van der Waals surface area contributed by atoms with Crippen LogP contribution in [-0.4, -0.2) is 11.3 Å². The van der Waals surface area contributed by atoms with Crippen molar-refractivity contribution in [3.05, 3.63) is 217 Å². The summed E-state index contributed by atoms with van der Waals surface area (Å²) in [6.45, 7) is 14.0. The Morgan fingerprint density at radius 3 is 1.12 bits per heavy atom. The predicted molar refractivity (Wildman–Crippen MR) is 283 cm³/mol. The Morgan fingerprint density at radius 2 is 0.712 bits per heavy atom. The van der Waals surface area contributed by atoms with E-state index in [4.69, 9.17) is 0 Å². The average Bonchev–Trinajstić information content (AvgIpc) is 3.68. The van der Waals surface area contributed by atoms with Gasteiger partial charge < -0.3 is 14.4 Å². The van der Waals surface area contributed by atoms with Crippen molar-refractivity contribution in [2.24, 2.45) is 0 Å². The summed E-state index contributed by atoms with van der Waals surface area (Å²) in [6.07, 6.45) is 0. The number of para-hydroxylation sites is 2. The van der Waals surface area contributed by atoms with E-state index in [-0.39, 0.29) is 17.5 Å². The molecule has 0 fully saturated rings. The zero-order valence-electron chi connectivity index (χ0n) is 38.5. The summed E-state index contributed by atoms with van der Waals surface area (Å²) in [6, 6.07) is 77.1. The summed E-state index contributed by atoms with van der Waals surface area (Å²) in [5, 5.41) is 2.50. The highest BCUT2D eigenvalue weighted by molar-refractivity contribution is 7.00. The smallest absolute Gasteiger partial charge is 0.252 e. The van der Waals surface area contributed by atoms with Crippen molar-refractivity contribution < 1.29 is 0 Å². The maximum atomic E-state index is 2.55. The van der Waals surface area contributed by atoms with E-state index in [9.17, 15) is 0 Å².